The summed E-state index contributed by atoms with van der Waals surface area (Å²) < 4.78 is 17.8. The van der Waals surface area contributed by atoms with Gasteiger partial charge in [-0.3, -0.25) is 4.90 Å². The van der Waals surface area contributed by atoms with Crippen molar-refractivity contribution in [3.8, 4) is 0 Å². The van der Waals surface area contributed by atoms with Gasteiger partial charge in [-0.05, 0) is 0 Å². The van der Waals surface area contributed by atoms with E-state index in [4.69, 9.17) is 44.2 Å². The van der Waals surface area contributed by atoms with Gasteiger partial charge in [-0.1, -0.05) is 12.2 Å². The second-order valence-electron chi connectivity index (χ2n) is 3.15. The van der Waals surface area contributed by atoms with Crippen molar-refractivity contribution in [2.45, 2.75) is 0 Å². The van der Waals surface area contributed by atoms with Crippen LogP contribution in [-0.4, -0.2) is 60.4 Å². The molecule has 20 heavy (non-hydrogen) atoms. The summed E-state index contributed by atoms with van der Waals surface area (Å²) in [6.07, 6.45) is 3.75. The summed E-state index contributed by atoms with van der Waals surface area (Å²) in [5, 5.41) is 0. The molecule has 0 atom stereocenters. The fraction of sp³-hybridized carbons (Fsp3) is 0.500. The minimum absolute atomic E-state index is 0.696. The average Bonchev–Trinajstić information content (AvgIpc) is 2.13. The quantitative estimate of drug-likeness (QED) is 0.228. The zero-order valence-electron chi connectivity index (χ0n) is 10.8. The maximum Gasteiger partial charge on any atom is 0.466 e. The van der Waals surface area contributed by atoms with E-state index in [0.717, 1.165) is 19.6 Å². The van der Waals surface area contributed by atoms with E-state index in [0.29, 0.717) is 6.54 Å². The Balaban J connectivity index is -0.000000244. The highest BCUT2D eigenvalue weighted by Gasteiger charge is 2.00. The third kappa shape index (κ3) is 65.5. The molecule has 0 aromatic carbocycles. The zero-order valence-corrected chi connectivity index (χ0v) is 12.6. The van der Waals surface area contributed by atoms with Gasteiger partial charge in [0.25, 0.3) is 0 Å². The lowest BCUT2D eigenvalue weighted by molar-refractivity contribution is 0.272. The molecule has 0 aliphatic heterocycles. The Hall–Kier alpha value is -0.380. The van der Waals surface area contributed by atoms with E-state index in [1.54, 1.807) is 0 Å². The van der Waals surface area contributed by atoms with Gasteiger partial charge in [0.05, 0.1) is 0 Å². The topological polar surface area (TPSA) is 185 Å². The van der Waals surface area contributed by atoms with Gasteiger partial charge in [0.2, 0.25) is 0 Å². The van der Waals surface area contributed by atoms with Crippen LogP contribution in [0.25, 0.3) is 0 Å². The van der Waals surface area contributed by atoms with Crippen LogP contribution in [-0.2, 0) is 9.13 Å². The lowest BCUT2D eigenvalue weighted by Crippen LogP contribution is -2.29. The molecule has 0 heterocycles. The molecule has 0 rings (SSSR count). The molecule has 0 saturated heterocycles. The van der Waals surface area contributed by atoms with E-state index >= 15 is 0 Å². The van der Waals surface area contributed by atoms with Crippen molar-refractivity contribution in [1.82, 2.24) is 4.90 Å². The number of hydrogen-bond acceptors (Lipinski definition) is 4. The van der Waals surface area contributed by atoms with E-state index in [9.17, 15) is 0 Å². The Kier molecular flexibility index (Phi) is 16.7. The van der Waals surface area contributed by atoms with E-state index in [1.807, 2.05) is 12.2 Å². The van der Waals surface area contributed by atoms with Crippen LogP contribution in [0.4, 0.5) is 0 Å². The molecule has 0 saturated carbocycles. The maximum absolute atomic E-state index is 8.88. The Bertz CT molecular complexity index is 293. The van der Waals surface area contributed by atoms with E-state index in [-0.39, 0.29) is 0 Å². The molecule has 0 unspecified atom stereocenters. The van der Waals surface area contributed by atoms with Gasteiger partial charge < -0.3 is 35.1 Å². The third-order valence-corrected chi connectivity index (χ3v) is 1.22. The normalized spacial score (nSPS) is 10.8. The molecule has 0 aromatic heterocycles. The highest BCUT2D eigenvalue weighted by Crippen LogP contribution is 2.26. The van der Waals surface area contributed by atoms with Crippen LogP contribution in [0.2, 0.25) is 0 Å². The van der Waals surface area contributed by atoms with Crippen molar-refractivity contribution in [2.24, 2.45) is 5.73 Å². The molecule has 0 aromatic rings. The first-order valence-electron chi connectivity index (χ1n) is 5.06. The van der Waals surface area contributed by atoms with Crippen LogP contribution in [0.5, 0.6) is 0 Å². The Morgan fingerprint density at radius 2 is 1.15 bits per heavy atom. The van der Waals surface area contributed by atoms with Gasteiger partial charge in [0.15, 0.2) is 0 Å². The third-order valence-electron chi connectivity index (χ3n) is 1.22. The van der Waals surface area contributed by atoms with Crippen LogP contribution >= 0.6 is 15.6 Å². The maximum atomic E-state index is 8.88. The van der Waals surface area contributed by atoms with Crippen molar-refractivity contribution >= 4 is 15.6 Å². The lowest BCUT2D eigenvalue weighted by atomic mass is 10.4. The van der Waals surface area contributed by atoms with Crippen LogP contribution in [0.15, 0.2) is 25.3 Å². The summed E-state index contributed by atoms with van der Waals surface area (Å²) in [5.74, 6) is 0. The Morgan fingerprint density at radius 1 is 0.900 bits per heavy atom. The number of phosphoric acid groups is 2. The van der Waals surface area contributed by atoms with Crippen LogP contribution < -0.4 is 5.73 Å². The lowest BCUT2D eigenvalue weighted by Gasteiger charge is -2.16. The molecule has 0 amide bonds. The predicted molar refractivity (Wildman–Crippen MR) is 74.4 cm³/mol. The molecule has 0 aliphatic rings. The summed E-state index contributed by atoms with van der Waals surface area (Å²) in [5.41, 5.74) is 5.38. The van der Waals surface area contributed by atoms with Crippen molar-refractivity contribution in [1.29, 1.82) is 0 Å². The summed E-state index contributed by atoms with van der Waals surface area (Å²) >= 11 is 0. The Labute approximate surface area is 117 Å². The molecule has 0 fully saturated rings. The van der Waals surface area contributed by atoms with Gasteiger partial charge in [0, 0.05) is 26.2 Å². The molecule has 122 valence electrons. The van der Waals surface area contributed by atoms with Crippen LogP contribution in [0.3, 0.4) is 0 Å². The van der Waals surface area contributed by atoms with Crippen molar-refractivity contribution < 1.29 is 38.5 Å². The minimum Gasteiger partial charge on any atom is -0.329 e. The van der Waals surface area contributed by atoms with Gasteiger partial charge in [-0.15, -0.1) is 13.2 Å². The molecular weight excluding hydrogens is 314 g/mol. The van der Waals surface area contributed by atoms with Crippen molar-refractivity contribution in [3.63, 3.8) is 0 Å². The molecule has 10 nitrogen and oxygen atoms in total. The summed E-state index contributed by atoms with van der Waals surface area (Å²) in [6, 6.07) is 0. The first-order valence-corrected chi connectivity index (χ1v) is 8.19. The summed E-state index contributed by atoms with van der Waals surface area (Å²) in [7, 11) is -9.28. The number of hydrogen-bond donors (Lipinski definition) is 7. The zero-order chi connectivity index (χ0) is 16.8. The number of nitrogens with zero attached hydrogens (tertiary/aromatic N) is 1. The summed E-state index contributed by atoms with van der Waals surface area (Å²) in [4.78, 5) is 45.3. The molecule has 0 spiro atoms. The van der Waals surface area contributed by atoms with Gasteiger partial charge in [-0.25, -0.2) is 9.13 Å². The highest BCUT2D eigenvalue weighted by molar-refractivity contribution is 7.45. The van der Waals surface area contributed by atoms with Crippen molar-refractivity contribution in [3.05, 3.63) is 25.3 Å². The standard InChI is InChI=1S/C8H16N2.2H3O4P/c1-3-6-10(7-4-2)8-5-9;2*1-5(2,3)4/h3-4H,1-2,5-9H2;2*(H3,1,2,3,4). The second kappa shape index (κ2) is 13.6. The summed E-state index contributed by atoms with van der Waals surface area (Å²) in [6.45, 7) is 10.7. The fourth-order valence-electron chi connectivity index (χ4n) is 0.805. The first kappa shape index (κ1) is 24.6. The molecule has 12 heteroatoms. The largest absolute Gasteiger partial charge is 0.466 e. The molecular formula is C8H22N2O8P2. The predicted octanol–water partition coefficient (Wildman–Crippen LogP) is -1.24. The smallest absolute Gasteiger partial charge is 0.329 e. The first-order chi connectivity index (χ1) is 8.85. The van der Waals surface area contributed by atoms with E-state index in [2.05, 4.69) is 18.1 Å². The van der Waals surface area contributed by atoms with Gasteiger partial charge in [0.1, 0.15) is 0 Å². The van der Waals surface area contributed by atoms with E-state index < -0.39 is 15.6 Å². The van der Waals surface area contributed by atoms with Gasteiger partial charge in [-0.2, -0.15) is 0 Å². The SMILES string of the molecule is C=CCN(CC=C)CCN.O=P(O)(O)O.O=P(O)(O)O. The molecule has 0 radical (unpaired) electrons. The fourth-order valence-corrected chi connectivity index (χ4v) is 0.805. The molecule has 0 bridgehead atoms. The van der Waals surface area contributed by atoms with Crippen molar-refractivity contribution in [2.75, 3.05) is 26.2 Å². The van der Waals surface area contributed by atoms with Crippen LogP contribution in [0, 0.1) is 0 Å². The minimum atomic E-state index is -4.64. The van der Waals surface area contributed by atoms with E-state index in [1.165, 1.54) is 0 Å². The Morgan fingerprint density at radius 3 is 1.30 bits per heavy atom. The second-order valence-corrected chi connectivity index (χ2v) is 5.21. The number of rotatable bonds is 6. The number of nitrogens with two attached hydrogens (primary N) is 1. The average molecular weight is 336 g/mol. The molecule has 0 aliphatic carbocycles. The molecule has 8 N–H and O–H groups in total. The monoisotopic (exact) mass is 336 g/mol. The van der Waals surface area contributed by atoms with Gasteiger partial charge >= 0.3 is 15.6 Å². The highest BCUT2D eigenvalue weighted by atomic mass is 31.2. The van der Waals surface area contributed by atoms with Crippen LogP contribution in [0.1, 0.15) is 0 Å².